The van der Waals surface area contributed by atoms with Gasteiger partial charge in [0.2, 0.25) is 5.91 Å². The lowest BCUT2D eigenvalue weighted by atomic mass is 10.1. The summed E-state index contributed by atoms with van der Waals surface area (Å²) in [5.41, 5.74) is 1.26. The van der Waals surface area contributed by atoms with E-state index in [1.807, 2.05) is 16.8 Å². The van der Waals surface area contributed by atoms with E-state index >= 15 is 0 Å². The van der Waals surface area contributed by atoms with E-state index in [1.165, 1.54) is 0 Å². The summed E-state index contributed by atoms with van der Waals surface area (Å²) in [6.07, 6.45) is 0.308. The Balaban J connectivity index is 1.84. The zero-order chi connectivity index (χ0) is 16.4. The molecule has 8 heteroatoms. The third-order valence-electron chi connectivity index (χ3n) is 3.30. The smallest absolute Gasteiger partial charge is 0.314 e. The van der Waals surface area contributed by atoms with Gasteiger partial charge in [-0.1, -0.05) is 15.9 Å². The number of benzene rings is 1. The van der Waals surface area contributed by atoms with Crippen molar-refractivity contribution in [1.82, 2.24) is 15.3 Å². The highest BCUT2D eigenvalue weighted by atomic mass is 79.9. The van der Waals surface area contributed by atoms with Crippen LogP contribution in [-0.2, 0) is 17.8 Å². The first-order chi connectivity index (χ1) is 11.0. The van der Waals surface area contributed by atoms with Gasteiger partial charge in [-0.05, 0) is 40.1 Å². The molecule has 0 aliphatic heterocycles. The zero-order valence-electron chi connectivity index (χ0n) is 11.8. The Hall–Kier alpha value is -2.19. The molecule has 1 aromatic carbocycles. The minimum absolute atomic E-state index is 0.108. The van der Waals surface area contributed by atoms with Crippen LogP contribution >= 0.6 is 27.3 Å². The summed E-state index contributed by atoms with van der Waals surface area (Å²) in [6, 6.07) is 5.39. The number of fused-ring (bicyclic) bond motifs is 1. The number of aromatic amines is 2. The first-order valence-electron chi connectivity index (χ1n) is 6.75. The standard InChI is InChI=1S/C15H12BrN3O3S/c16-10-4-9(6-17-12(20)3-8-1-2-23-7-8)13-11(5-10)18-14(21)15(22)19-13/h1-2,4-5,7H,3,6H2,(H,17,20)(H,18,21)(H,19,22). The Morgan fingerprint density at radius 1 is 1.22 bits per heavy atom. The van der Waals surface area contributed by atoms with Crippen molar-refractivity contribution in [2.45, 2.75) is 13.0 Å². The molecular weight excluding hydrogens is 382 g/mol. The van der Waals surface area contributed by atoms with Crippen LogP contribution in [0.1, 0.15) is 11.1 Å². The SMILES string of the molecule is O=C(Cc1ccsc1)NCc1cc(Br)cc2[nH]c(=O)c(=O)[nH]c12. The molecule has 118 valence electrons. The highest BCUT2D eigenvalue weighted by molar-refractivity contribution is 9.10. The van der Waals surface area contributed by atoms with Gasteiger partial charge in [0.15, 0.2) is 0 Å². The predicted octanol–water partition coefficient (Wildman–Crippen LogP) is 1.90. The Morgan fingerprint density at radius 2 is 2.00 bits per heavy atom. The summed E-state index contributed by atoms with van der Waals surface area (Å²) in [4.78, 5) is 40.0. The lowest BCUT2D eigenvalue weighted by Crippen LogP contribution is -2.30. The van der Waals surface area contributed by atoms with Crippen molar-refractivity contribution in [2.75, 3.05) is 0 Å². The maximum Gasteiger partial charge on any atom is 0.314 e. The van der Waals surface area contributed by atoms with Crippen molar-refractivity contribution in [3.63, 3.8) is 0 Å². The lowest BCUT2D eigenvalue weighted by molar-refractivity contribution is -0.120. The molecular formula is C15H12BrN3O3S. The van der Waals surface area contributed by atoms with E-state index in [0.29, 0.717) is 23.0 Å². The molecule has 2 aromatic heterocycles. The first kappa shape index (κ1) is 15.7. The van der Waals surface area contributed by atoms with Gasteiger partial charge in [-0.2, -0.15) is 11.3 Å². The van der Waals surface area contributed by atoms with Crippen LogP contribution < -0.4 is 16.4 Å². The van der Waals surface area contributed by atoms with Crippen LogP contribution in [0.2, 0.25) is 0 Å². The van der Waals surface area contributed by atoms with Gasteiger partial charge in [0.1, 0.15) is 0 Å². The second-order valence-electron chi connectivity index (χ2n) is 4.98. The van der Waals surface area contributed by atoms with E-state index in [1.54, 1.807) is 23.5 Å². The summed E-state index contributed by atoms with van der Waals surface area (Å²) in [5.74, 6) is -0.108. The molecule has 3 rings (SSSR count). The Labute approximate surface area is 142 Å². The second-order valence-corrected chi connectivity index (χ2v) is 6.68. The molecule has 3 aromatic rings. The van der Waals surface area contributed by atoms with Crippen molar-refractivity contribution in [1.29, 1.82) is 0 Å². The minimum Gasteiger partial charge on any atom is -0.352 e. The summed E-state index contributed by atoms with van der Waals surface area (Å²) in [5, 5.41) is 6.67. The van der Waals surface area contributed by atoms with Crippen molar-refractivity contribution >= 4 is 44.2 Å². The first-order valence-corrected chi connectivity index (χ1v) is 8.49. The largest absolute Gasteiger partial charge is 0.352 e. The highest BCUT2D eigenvalue weighted by Crippen LogP contribution is 2.20. The Bertz CT molecular complexity index is 976. The van der Waals surface area contributed by atoms with Crippen LogP contribution in [0.4, 0.5) is 0 Å². The normalized spacial score (nSPS) is 10.8. The predicted molar refractivity (Wildman–Crippen MR) is 92.8 cm³/mol. The molecule has 0 atom stereocenters. The molecule has 0 saturated heterocycles. The molecule has 23 heavy (non-hydrogen) atoms. The maximum absolute atomic E-state index is 12.0. The van der Waals surface area contributed by atoms with Crippen LogP contribution in [0.25, 0.3) is 11.0 Å². The van der Waals surface area contributed by atoms with Gasteiger partial charge >= 0.3 is 11.1 Å². The van der Waals surface area contributed by atoms with E-state index in [0.717, 1.165) is 10.0 Å². The molecule has 0 bridgehead atoms. The number of halogens is 1. The molecule has 0 saturated carbocycles. The van der Waals surface area contributed by atoms with E-state index in [2.05, 4.69) is 31.2 Å². The Morgan fingerprint density at radius 3 is 2.74 bits per heavy atom. The molecule has 3 N–H and O–H groups in total. The minimum atomic E-state index is -0.717. The van der Waals surface area contributed by atoms with Gasteiger partial charge in [-0.3, -0.25) is 14.4 Å². The number of thiophene rings is 1. The zero-order valence-corrected chi connectivity index (χ0v) is 14.2. The molecule has 6 nitrogen and oxygen atoms in total. The van der Waals surface area contributed by atoms with Crippen LogP contribution in [0, 0.1) is 0 Å². The average molecular weight is 394 g/mol. The van der Waals surface area contributed by atoms with E-state index in [-0.39, 0.29) is 12.5 Å². The topological polar surface area (TPSA) is 94.8 Å². The molecule has 1 amide bonds. The van der Waals surface area contributed by atoms with Crippen molar-refractivity contribution in [3.8, 4) is 0 Å². The molecule has 0 aliphatic rings. The van der Waals surface area contributed by atoms with Gasteiger partial charge in [0.05, 0.1) is 17.5 Å². The number of carbonyl (C=O) groups is 1. The molecule has 0 spiro atoms. The average Bonchev–Trinajstić information content (AvgIpc) is 2.99. The number of rotatable bonds is 4. The van der Waals surface area contributed by atoms with Gasteiger partial charge in [-0.15, -0.1) is 0 Å². The lowest BCUT2D eigenvalue weighted by Gasteiger charge is -2.09. The number of nitrogens with one attached hydrogen (secondary N) is 3. The third kappa shape index (κ3) is 3.59. The highest BCUT2D eigenvalue weighted by Gasteiger charge is 2.09. The second kappa shape index (κ2) is 6.51. The summed E-state index contributed by atoms with van der Waals surface area (Å²) < 4.78 is 0.745. The number of amides is 1. The fourth-order valence-electron chi connectivity index (χ4n) is 2.23. The van der Waals surface area contributed by atoms with Crippen molar-refractivity contribution in [2.24, 2.45) is 0 Å². The van der Waals surface area contributed by atoms with Gasteiger partial charge in [0.25, 0.3) is 0 Å². The monoisotopic (exact) mass is 393 g/mol. The third-order valence-corrected chi connectivity index (χ3v) is 4.49. The van der Waals surface area contributed by atoms with Crippen LogP contribution in [-0.4, -0.2) is 15.9 Å². The van der Waals surface area contributed by atoms with Crippen LogP contribution in [0.15, 0.2) is 43.0 Å². The van der Waals surface area contributed by atoms with Gasteiger partial charge < -0.3 is 15.3 Å². The number of hydrogen-bond acceptors (Lipinski definition) is 4. The van der Waals surface area contributed by atoms with Crippen LogP contribution in [0.5, 0.6) is 0 Å². The van der Waals surface area contributed by atoms with Gasteiger partial charge in [0, 0.05) is 11.0 Å². The summed E-state index contributed by atoms with van der Waals surface area (Å²) in [6.45, 7) is 0.251. The quantitative estimate of drug-likeness (QED) is 0.590. The maximum atomic E-state index is 12.0. The number of H-pyrrole nitrogens is 2. The fraction of sp³-hybridized carbons (Fsp3) is 0.133. The molecule has 0 radical (unpaired) electrons. The van der Waals surface area contributed by atoms with Crippen molar-refractivity contribution in [3.05, 3.63) is 65.3 Å². The van der Waals surface area contributed by atoms with Gasteiger partial charge in [-0.25, -0.2) is 0 Å². The summed E-state index contributed by atoms with van der Waals surface area (Å²) in [7, 11) is 0. The molecule has 0 unspecified atom stereocenters. The molecule has 0 fully saturated rings. The van der Waals surface area contributed by atoms with E-state index < -0.39 is 11.1 Å². The van der Waals surface area contributed by atoms with E-state index in [9.17, 15) is 14.4 Å². The van der Waals surface area contributed by atoms with Crippen LogP contribution in [0.3, 0.4) is 0 Å². The fourth-order valence-corrected chi connectivity index (χ4v) is 3.41. The van der Waals surface area contributed by atoms with Crippen molar-refractivity contribution < 1.29 is 4.79 Å². The Kier molecular flexibility index (Phi) is 4.44. The number of hydrogen-bond donors (Lipinski definition) is 3. The molecule has 0 aliphatic carbocycles. The molecule has 2 heterocycles. The number of aromatic nitrogens is 2. The van der Waals surface area contributed by atoms with E-state index in [4.69, 9.17) is 0 Å². The number of carbonyl (C=O) groups excluding carboxylic acids is 1. The summed E-state index contributed by atoms with van der Waals surface area (Å²) >= 11 is 4.90.